The Balaban J connectivity index is 1.51. The van der Waals surface area contributed by atoms with Gasteiger partial charge >= 0.3 is 0 Å². The summed E-state index contributed by atoms with van der Waals surface area (Å²) in [4.78, 5) is 31.8. The Kier molecular flexibility index (Phi) is 8.44. The van der Waals surface area contributed by atoms with Gasteiger partial charge in [-0.1, -0.05) is 18.2 Å². The third kappa shape index (κ3) is 6.43. The van der Waals surface area contributed by atoms with Crippen molar-refractivity contribution in [2.75, 3.05) is 71.7 Å². The zero-order valence-corrected chi connectivity index (χ0v) is 20.4. The van der Waals surface area contributed by atoms with E-state index in [1.807, 2.05) is 31.3 Å². The first kappa shape index (κ1) is 24.8. The van der Waals surface area contributed by atoms with Crippen LogP contribution in [0.15, 0.2) is 42.5 Å². The van der Waals surface area contributed by atoms with Crippen molar-refractivity contribution in [3.8, 4) is 17.2 Å². The van der Waals surface area contributed by atoms with E-state index in [0.717, 1.165) is 30.8 Å². The molecule has 0 saturated carbocycles. The Hall–Kier alpha value is -3.30. The number of hydrogen-bond donors (Lipinski definition) is 0. The maximum absolute atomic E-state index is 13.3. The third-order valence-corrected chi connectivity index (χ3v) is 6.11. The van der Waals surface area contributed by atoms with Crippen LogP contribution in [-0.4, -0.2) is 88.4 Å². The summed E-state index contributed by atoms with van der Waals surface area (Å²) in [5.74, 6) is 1.62. The number of methoxy groups -OCH3 is 1. The number of carbonyl (C=O) groups excluding carboxylic acids is 2. The molecule has 0 saturated heterocycles. The van der Waals surface area contributed by atoms with Crippen molar-refractivity contribution in [2.24, 2.45) is 0 Å². The number of hydrogen-bond acceptors (Lipinski definition) is 7. The average molecular weight is 484 g/mol. The highest BCUT2D eigenvalue weighted by Gasteiger charge is 2.23. The SMILES string of the molecule is COCC(=O)N1CCCN(C)CCN(C(=O)COc2ccc3c(c2)OCCO3)Cc2ccccc21. The maximum Gasteiger partial charge on any atom is 0.260 e. The van der Waals surface area contributed by atoms with Crippen LogP contribution in [0.5, 0.6) is 17.2 Å². The average Bonchev–Trinajstić information content (AvgIpc) is 2.90. The van der Waals surface area contributed by atoms with Gasteiger partial charge in [0, 0.05) is 45.0 Å². The van der Waals surface area contributed by atoms with E-state index in [2.05, 4.69) is 4.90 Å². The first-order valence-corrected chi connectivity index (χ1v) is 11.9. The van der Waals surface area contributed by atoms with Crippen molar-refractivity contribution in [1.29, 1.82) is 0 Å². The minimum absolute atomic E-state index is 0.0101. The lowest BCUT2D eigenvalue weighted by molar-refractivity contribution is -0.134. The Morgan fingerprint density at radius 1 is 0.914 bits per heavy atom. The maximum atomic E-state index is 13.3. The van der Waals surface area contributed by atoms with Crippen LogP contribution >= 0.6 is 0 Å². The minimum atomic E-state index is -0.128. The van der Waals surface area contributed by atoms with E-state index in [1.54, 1.807) is 28.0 Å². The molecule has 2 amide bonds. The lowest BCUT2D eigenvalue weighted by Gasteiger charge is -2.28. The zero-order valence-electron chi connectivity index (χ0n) is 20.4. The van der Waals surface area contributed by atoms with E-state index in [4.69, 9.17) is 18.9 Å². The number of fused-ring (bicyclic) bond motifs is 2. The van der Waals surface area contributed by atoms with Crippen LogP contribution in [0.25, 0.3) is 0 Å². The smallest absolute Gasteiger partial charge is 0.260 e. The highest BCUT2D eigenvalue weighted by atomic mass is 16.6. The molecular weight excluding hydrogens is 450 g/mol. The molecule has 9 heteroatoms. The van der Waals surface area contributed by atoms with E-state index in [9.17, 15) is 9.59 Å². The largest absolute Gasteiger partial charge is 0.486 e. The molecule has 2 aromatic rings. The highest BCUT2D eigenvalue weighted by Crippen LogP contribution is 2.33. The molecule has 2 aliphatic rings. The second kappa shape index (κ2) is 11.9. The van der Waals surface area contributed by atoms with Crippen molar-refractivity contribution in [1.82, 2.24) is 9.80 Å². The lowest BCUT2D eigenvalue weighted by Crippen LogP contribution is -2.39. The zero-order chi connectivity index (χ0) is 24.6. The molecule has 0 aromatic heterocycles. The number of likely N-dealkylation sites (N-methyl/N-ethyl adjacent to an activating group) is 1. The third-order valence-electron chi connectivity index (χ3n) is 6.11. The van der Waals surface area contributed by atoms with E-state index >= 15 is 0 Å². The van der Waals surface area contributed by atoms with Gasteiger partial charge in [-0.2, -0.15) is 0 Å². The summed E-state index contributed by atoms with van der Waals surface area (Å²) in [7, 11) is 3.55. The molecule has 9 nitrogen and oxygen atoms in total. The number of amides is 2. The number of benzene rings is 2. The molecule has 2 aliphatic heterocycles. The number of rotatable bonds is 5. The normalized spacial score (nSPS) is 16.7. The van der Waals surface area contributed by atoms with Gasteiger partial charge in [-0.05, 0) is 43.8 Å². The molecule has 0 bridgehead atoms. The topological polar surface area (TPSA) is 80.8 Å². The number of nitrogens with zero attached hydrogens (tertiary/aromatic N) is 3. The van der Waals surface area contributed by atoms with Crippen LogP contribution in [0.3, 0.4) is 0 Å². The van der Waals surface area contributed by atoms with E-state index in [0.29, 0.717) is 50.1 Å². The fourth-order valence-electron chi connectivity index (χ4n) is 4.24. The van der Waals surface area contributed by atoms with Gasteiger partial charge in [-0.15, -0.1) is 0 Å². The molecule has 0 spiro atoms. The van der Waals surface area contributed by atoms with E-state index < -0.39 is 0 Å². The molecule has 0 N–H and O–H groups in total. The first-order valence-electron chi connectivity index (χ1n) is 11.9. The fraction of sp³-hybridized carbons (Fsp3) is 0.462. The lowest BCUT2D eigenvalue weighted by atomic mass is 10.1. The summed E-state index contributed by atoms with van der Waals surface area (Å²) >= 11 is 0. The van der Waals surface area contributed by atoms with Gasteiger partial charge < -0.3 is 33.6 Å². The first-order chi connectivity index (χ1) is 17.0. The molecule has 0 unspecified atom stereocenters. The van der Waals surface area contributed by atoms with Gasteiger partial charge in [0.05, 0.1) is 0 Å². The van der Waals surface area contributed by atoms with Crippen molar-refractivity contribution in [3.63, 3.8) is 0 Å². The molecule has 0 fully saturated rings. The fourth-order valence-corrected chi connectivity index (χ4v) is 4.24. The summed E-state index contributed by atoms with van der Waals surface area (Å²) in [5, 5.41) is 0. The van der Waals surface area contributed by atoms with Crippen LogP contribution in [0, 0.1) is 0 Å². The van der Waals surface area contributed by atoms with Gasteiger partial charge in [-0.3, -0.25) is 9.59 Å². The van der Waals surface area contributed by atoms with E-state index in [-0.39, 0.29) is 25.0 Å². The second-order valence-corrected chi connectivity index (χ2v) is 8.67. The quantitative estimate of drug-likeness (QED) is 0.645. The molecule has 2 heterocycles. The van der Waals surface area contributed by atoms with E-state index in [1.165, 1.54) is 7.11 Å². The summed E-state index contributed by atoms with van der Waals surface area (Å²) < 4.78 is 22.1. The molecule has 4 rings (SSSR count). The Morgan fingerprint density at radius 3 is 2.54 bits per heavy atom. The standard InChI is InChI=1S/C26H33N3O6/c1-27-10-5-11-29(26(31)18-32-2)22-7-4-3-6-20(22)17-28(13-12-27)25(30)19-35-21-8-9-23-24(16-21)34-15-14-33-23/h3-4,6-9,16H,5,10-15,17-19H2,1-2H3. The van der Waals surface area contributed by atoms with Crippen molar-refractivity contribution in [3.05, 3.63) is 48.0 Å². The minimum Gasteiger partial charge on any atom is -0.486 e. The van der Waals surface area contributed by atoms with Crippen LogP contribution in [-0.2, 0) is 20.9 Å². The van der Waals surface area contributed by atoms with Crippen LogP contribution in [0.1, 0.15) is 12.0 Å². The van der Waals surface area contributed by atoms with Crippen molar-refractivity contribution < 1.29 is 28.5 Å². The van der Waals surface area contributed by atoms with Gasteiger partial charge in [0.15, 0.2) is 18.1 Å². The summed E-state index contributed by atoms with van der Waals surface area (Å²) in [6.45, 7) is 3.98. The van der Waals surface area contributed by atoms with Gasteiger partial charge in [0.1, 0.15) is 25.6 Å². The molecule has 0 radical (unpaired) electrons. The van der Waals surface area contributed by atoms with Gasteiger partial charge in [0.2, 0.25) is 0 Å². The van der Waals surface area contributed by atoms with Gasteiger partial charge in [-0.25, -0.2) is 0 Å². The molecular formula is C26H33N3O6. The Morgan fingerprint density at radius 2 is 1.71 bits per heavy atom. The van der Waals surface area contributed by atoms with Crippen molar-refractivity contribution >= 4 is 17.5 Å². The molecule has 35 heavy (non-hydrogen) atoms. The predicted octanol–water partition coefficient (Wildman–Crippen LogP) is 2.18. The molecule has 2 aromatic carbocycles. The number of para-hydroxylation sites is 1. The summed E-state index contributed by atoms with van der Waals surface area (Å²) in [5.41, 5.74) is 1.72. The molecule has 0 aliphatic carbocycles. The molecule has 0 atom stereocenters. The Labute approximate surface area is 206 Å². The number of carbonyl (C=O) groups is 2. The van der Waals surface area contributed by atoms with Gasteiger partial charge in [0.25, 0.3) is 11.8 Å². The summed E-state index contributed by atoms with van der Waals surface area (Å²) in [6, 6.07) is 13.0. The van der Waals surface area contributed by atoms with Crippen LogP contribution in [0.2, 0.25) is 0 Å². The van der Waals surface area contributed by atoms with Crippen molar-refractivity contribution in [2.45, 2.75) is 13.0 Å². The predicted molar refractivity (Wildman–Crippen MR) is 131 cm³/mol. The second-order valence-electron chi connectivity index (χ2n) is 8.67. The molecule has 188 valence electrons. The number of ether oxygens (including phenoxy) is 4. The Bertz CT molecular complexity index is 1030. The van der Waals surface area contributed by atoms with Crippen LogP contribution in [0.4, 0.5) is 5.69 Å². The number of anilines is 1. The van der Waals surface area contributed by atoms with Crippen LogP contribution < -0.4 is 19.1 Å². The highest BCUT2D eigenvalue weighted by molar-refractivity contribution is 5.95. The summed E-state index contributed by atoms with van der Waals surface area (Å²) in [6.07, 6.45) is 0.821. The monoisotopic (exact) mass is 483 g/mol.